The van der Waals surface area contributed by atoms with Crippen molar-refractivity contribution in [3.8, 4) is 11.3 Å². The van der Waals surface area contributed by atoms with E-state index in [2.05, 4.69) is 4.98 Å². The van der Waals surface area contributed by atoms with Crippen LogP contribution < -0.4 is 0 Å². The van der Waals surface area contributed by atoms with Crippen LogP contribution in [0.5, 0.6) is 0 Å². The molecule has 3 aromatic heterocycles. The number of ketones is 1. The first-order chi connectivity index (χ1) is 14.0. The SMILES string of the molecule is Cc1cn2c(/C=C/C(=O)c3cccs3)c(-c3ccc(CO)c([N+](=O)[O-])c3)nc2s1. The lowest BCUT2D eigenvalue weighted by molar-refractivity contribution is -0.385. The number of carbonyl (C=O) groups excluding carboxylic acids is 1. The summed E-state index contributed by atoms with van der Waals surface area (Å²) in [5.41, 5.74) is 1.83. The molecule has 3 heterocycles. The van der Waals surface area contributed by atoms with E-state index in [0.717, 1.165) is 9.84 Å². The zero-order valence-corrected chi connectivity index (χ0v) is 16.9. The van der Waals surface area contributed by atoms with Gasteiger partial charge in [0.2, 0.25) is 0 Å². The number of nitro benzene ring substituents is 1. The van der Waals surface area contributed by atoms with Crippen molar-refractivity contribution in [1.82, 2.24) is 9.38 Å². The van der Waals surface area contributed by atoms with Gasteiger partial charge in [-0.25, -0.2) is 4.98 Å². The number of hydrogen-bond acceptors (Lipinski definition) is 7. The van der Waals surface area contributed by atoms with Gasteiger partial charge in [0.15, 0.2) is 10.7 Å². The van der Waals surface area contributed by atoms with Gasteiger partial charge in [-0.2, -0.15) is 0 Å². The van der Waals surface area contributed by atoms with Crippen molar-refractivity contribution in [2.75, 3.05) is 0 Å². The molecule has 0 saturated heterocycles. The van der Waals surface area contributed by atoms with Gasteiger partial charge < -0.3 is 5.11 Å². The smallest absolute Gasteiger partial charge is 0.275 e. The van der Waals surface area contributed by atoms with E-state index < -0.39 is 11.5 Å². The van der Waals surface area contributed by atoms with Gasteiger partial charge in [-0.15, -0.1) is 22.7 Å². The molecule has 0 saturated carbocycles. The maximum Gasteiger partial charge on any atom is 0.275 e. The maximum atomic E-state index is 12.4. The molecule has 0 radical (unpaired) electrons. The highest BCUT2D eigenvalue weighted by atomic mass is 32.1. The predicted molar refractivity (Wildman–Crippen MR) is 114 cm³/mol. The van der Waals surface area contributed by atoms with Gasteiger partial charge in [0, 0.05) is 22.7 Å². The lowest BCUT2D eigenvalue weighted by atomic mass is 10.1. The molecule has 29 heavy (non-hydrogen) atoms. The average Bonchev–Trinajstić information content (AvgIpc) is 3.42. The van der Waals surface area contributed by atoms with Crippen molar-refractivity contribution >= 4 is 45.2 Å². The van der Waals surface area contributed by atoms with Crippen LogP contribution in [-0.4, -0.2) is 25.2 Å². The van der Waals surface area contributed by atoms with Gasteiger partial charge >= 0.3 is 0 Å². The number of aliphatic hydroxyl groups excluding tert-OH is 1. The summed E-state index contributed by atoms with van der Waals surface area (Å²) in [5, 5.41) is 22.6. The van der Waals surface area contributed by atoms with Crippen LogP contribution in [-0.2, 0) is 6.61 Å². The number of hydrogen-bond donors (Lipinski definition) is 1. The molecule has 1 N–H and O–H groups in total. The number of benzene rings is 1. The molecule has 7 nitrogen and oxygen atoms in total. The minimum Gasteiger partial charge on any atom is -0.391 e. The van der Waals surface area contributed by atoms with Gasteiger partial charge in [-0.3, -0.25) is 19.3 Å². The number of fused-ring (bicyclic) bond motifs is 1. The first-order valence-corrected chi connectivity index (χ1v) is 10.3. The second-order valence-electron chi connectivity index (χ2n) is 6.27. The molecule has 1 aromatic carbocycles. The first-order valence-electron chi connectivity index (χ1n) is 8.61. The van der Waals surface area contributed by atoms with E-state index >= 15 is 0 Å². The number of aromatic nitrogens is 2. The van der Waals surface area contributed by atoms with E-state index in [0.29, 0.717) is 21.8 Å². The molecular formula is C20H15N3O4S2. The number of nitrogens with zero attached hydrogens (tertiary/aromatic N) is 3. The number of nitro groups is 1. The number of thiophene rings is 1. The fourth-order valence-electron chi connectivity index (χ4n) is 3.01. The van der Waals surface area contributed by atoms with Crippen molar-refractivity contribution in [3.63, 3.8) is 0 Å². The van der Waals surface area contributed by atoms with Crippen molar-refractivity contribution in [1.29, 1.82) is 0 Å². The van der Waals surface area contributed by atoms with E-state index in [9.17, 15) is 20.0 Å². The Morgan fingerprint density at radius 2 is 2.21 bits per heavy atom. The van der Waals surface area contributed by atoms with Crippen molar-refractivity contribution in [3.05, 3.63) is 79.1 Å². The Kier molecular flexibility index (Phi) is 5.10. The standard InChI is InChI=1S/C20H15N3O4S2/c1-12-10-22-15(6-7-17(25)18-3-2-8-28-18)19(21-20(22)29-12)13-4-5-14(11-24)16(9-13)23(26)27/h2-10,24H,11H2,1H3/b7-6+. The van der Waals surface area contributed by atoms with Gasteiger partial charge in [0.25, 0.3) is 5.69 Å². The Bertz CT molecular complexity index is 1250. The fraction of sp³-hybridized carbons (Fsp3) is 0.100. The van der Waals surface area contributed by atoms with Gasteiger partial charge in [-0.1, -0.05) is 12.1 Å². The molecule has 0 aliphatic heterocycles. The third-order valence-corrected chi connectivity index (χ3v) is 6.14. The normalized spacial score (nSPS) is 11.5. The number of aryl methyl sites for hydroxylation is 1. The van der Waals surface area contributed by atoms with Crippen molar-refractivity contribution in [2.24, 2.45) is 0 Å². The van der Waals surface area contributed by atoms with Crippen molar-refractivity contribution < 1.29 is 14.8 Å². The Balaban J connectivity index is 1.84. The summed E-state index contributed by atoms with van der Waals surface area (Å²) in [7, 11) is 0. The number of aliphatic hydroxyl groups is 1. The summed E-state index contributed by atoms with van der Waals surface area (Å²) in [4.78, 5) is 30.3. The fourth-order valence-corrected chi connectivity index (χ4v) is 4.49. The maximum absolute atomic E-state index is 12.4. The molecule has 0 unspecified atom stereocenters. The Hall–Kier alpha value is -3.14. The minimum atomic E-state index is -0.520. The van der Waals surface area contributed by atoms with Crippen LogP contribution in [0.25, 0.3) is 22.3 Å². The van der Waals surface area contributed by atoms with Crippen LogP contribution in [0.3, 0.4) is 0 Å². The number of allylic oxidation sites excluding steroid dienone is 1. The molecule has 0 atom stereocenters. The van der Waals surface area contributed by atoms with Crippen LogP contribution in [0.15, 0.2) is 48.0 Å². The summed E-state index contributed by atoms with van der Waals surface area (Å²) >= 11 is 2.86. The third-order valence-electron chi connectivity index (χ3n) is 4.36. The highest BCUT2D eigenvalue weighted by Gasteiger charge is 2.19. The lowest BCUT2D eigenvalue weighted by Gasteiger charge is -2.04. The third kappa shape index (κ3) is 3.63. The highest BCUT2D eigenvalue weighted by molar-refractivity contribution is 7.17. The van der Waals surface area contributed by atoms with E-state index in [1.165, 1.54) is 40.9 Å². The second kappa shape index (κ2) is 7.70. The molecule has 9 heteroatoms. The van der Waals surface area contributed by atoms with E-state index in [1.807, 2.05) is 29.0 Å². The Labute approximate surface area is 173 Å². The van der Waals surface area contributed by atoms with E-state index in [4.69, 9.17) is 0 Å². The summed E-state index contributed by atoms with van der Waals surface area (Å²) in [6.45, 7) is 1.54. The lowest BCUT2D eigenvalue weighted by Crippen LogP contribution is -1.96. The minimum absolute atomic E-state index is 0.116. The molecule has 4 rings (SSSR count). The van der Waals surface area contributed by atoms with Crippen LogP contribution in [0, 0.1) is 17.0 Å². The van der Waals surface area contributed by atoms with Crippen LogP contribution in [0.1, 0.15) is 25.8 Å². The topological polar surface area (TPSA) is 97.7 Å². The zero-order valence-electron chi connectivity index (χ0n) is 15.2. The van der Waals surface area contributed by atoms with Crippen LogP contribution in [0.4, 0.5) is 5.69 Å². The van der Waals surface area contributed by atoms with Crippen LogP contribution in [0.2, 0.25) is 0 Å². The number of thiazole rings is 1. The van der Waals surface area contributed by atoms with E-state index in [-0.39, 0.29) is 17.0 Å². The van der Waals surface area contributed by atoms with Crippen molar-refractivity contribution in [2.45, 2.75) is 13.5 Å². The quantitative estimate of drug-likeness (QED) is 0.208. The van der Waals surface area contributed by atoms with Gasteiger partial charge in [0.1, 0.15) is 0 Å². The molecule has 146 valence electrons. The molecule has 0 fully saturated rings. The van der Waals surface area contributed by atoms with E-state index in [1.54, 1.807) is 18.2 Å². The molecule has 0 bridgehead atoms. The summed E-state index contributed by atoms with van der Waals surface area (Å²) < 4.78 is 1.87. The van der Waals surface area contributed by atoms with Gasteiger partial charge in [-0.05, 0) is 36.6 Å². The molecule has 0 spiro atoms. The average molecular weight is 425 g/mol. The summed E-state index contributed by atoms with van der Waals surface area (Å²) in [6, 6.07) is 8.20. The second-order valence-corrected chi connectivity index (χ2v) is 8.43. The monoisotopic (exact) mass is 425 g/mol. The molecule has 0 aliphatic carbocycles. The first kappa shape index (κ1) is 19.2. The summed E-state index contributed by atoms with van der Waals surface area (Å²) in [6.07, 6.45) is 5.10. The largest absolute Gasteiger partial charge is 0.391 e. The Morgan fingerprint density at radius 1 is 1.38 bits per heavy atom. The molecular weight excluding hydrogens is 410 g/mol. The Morgan fingerprint density at radius 3 is 2.90 bits per heavy atom. The number of carbonyl (C=O) groups is 1. The zero-order chi connectivity index (χ0) is 20.5. The van der Waals surface area contributed by atoms with Gasteiger partial charge in [0.05, 0.1) is 33.4 Å². The highest BCUT2D eigenvalue weighted by Crippen LogP contribution is 2.32. The summed E-state index contributed by atoms with van der Waals surface area (Å²) in [5.74, 6) is -0.116. The van der Waals surface area contributed by atoms with Crippen LogP contribution >= 0.6 is 22.7 Å². The predicted octanol–water partition coefficient (Wildman–Crippen LogP) is 4.73. The molecule has 0 aliphatic rings. The molecule has 0 amide bonds. The molecule has 4 aromatic rings. The number of imidazole rings is 1. The number of rotatable bonds is 6.